The fourth-order valence-electron chi connectivity index (χ4n) is 3.44. The van der Waals surface area contributed by atoms with Gasteiger partial charge in [0.2, 0.25) is 0 Å². The van der Waals surface area contributed by atoms with Crippen LogP contribution in [0, 0.1) is 0 Å². The van der Waals surface area contributed by atoms with E-state index in [1.54, 1.807) is 16.7 Å². The van der Waals surface area contributed by atoms with Crippen LogP contribution in [0.15, 0.2) is 72.0 Å². The van der Waals surface area contributed by atoms with Crippen molar-refractivity contribution in [3.8, 4) is 5.69 Å². The Morgan fingerprint density at radius 2 is 1.87 bits per heavy atom. The third kappa shape index (κ3) is 3.78. The molecule has 0 saturated carbocycles. The maximum atomic E-state index is 12.9. The van der Waals surface area contributed by atoms with E-state index in [0.29, 0.717) is 27.9 Å². The lowest BCUT2D eigenvalue weighted by Gasteiger charge is -2.14. The number of nitrogens with zero attached hydrogens (tertiary/aromatic N) is 4. The van der Waals surface area contributed by atoms with Crippen molar-refractivity contribution in [2.45, 2.75) is 13.3 Å². The predicted molar refractivity (Wildman–Crippen MR) is 120 cm³/mol. The van der Waals surface area contributed by atoms with Gasteiger partial charge in [-0.05, 0) is 30.0 Å². The minimum absolute atomic E-state index is 0.141. The number of aromatic amines is 1. The molecule has 3 heterocycles. The van der Waals surface area contributed by atoms with Crippen LogP contribution >= 0.6 is 0 Å². The highest BCUT2D eigenvalue weighted by molar-refractivity contribution is 5.97. The van der Waals surface area contributed by atoms with Crippen molar-refractivity contribution in [3.63, 3.8) is 0 Å². The van der Waals surface area contributed by atoms with Gasteiger partial charge in [-0.15, -0.1) is 0 Å². The number of aldehydes is 1. The molecule has 0 atom stereocenters. The maximum Gasteiger partial charge on any atom is 0.263 e. The number of nitrogen functional groups attached to an aromatic ring is 1. The van der Waals surface area contributed by atoms with Gasteiger partial charge in [-0.25, -0.2) is 15.0 Å². The number of carbonyl (C=O) groups is 1. The lowest BCUT2D eigenvalue weighted by Crippen LogP contribution is -2.22. The Bertz CT molecular complexity index is 1420. The topological polar surface area (TPSA) is 120 Å². The molecule has 0 aliphatic rings. The number of H-pyrrole nitrogens is 1. The van der Waals surface area contributed by atoms with Gasteiger partial charge < -0.3 is 10.7 Å². The number of para-hydroxylation sites is 1. The average Bonchev–Trinajstić information content (AvgIpc) is 3.30. The van der Waals surface area contributed by atoms with Crippen LogP contribution in [0.3, 0.4) is 0 Å². The number of imidazole rings is 1. The second-order valence-electron chi connectivity index (χ2n) is 6.75. The van der Waals surface area contributed by atoms with E-state index in [0.717, 1.165) is 29.5 Å². The van der Waals surface area contributed by atoms with Crippen molar-refractivity contribution in [1.82, 2.24) is 24.5 Å². The second kappa shape index (κ2) is 8.58. The van der Waals surface area contributed by atoms with Crippen molar-refractivity contribution in [3.05, 3.63) is 88.9 Å². The number of aryl methyl sites for hydroxylation is 1. The second-order valence-corrected chi connectivity index (χ2v) is 6.75. The Morgan fingerprint density at radius 3 is 2.58 bits per heavy atom. The van der Waals surface area contributed by atoms with Gasteiger partial charge in [-0.2, -0.15) is 0 Å². The number of nitrogens with one attached hydrogen (secondary N) is 1. The smallest absolute Gasteiger partial charge is 0.263 e. The summed E-state index contributed by atoms with van der Waals surface area (Å²) >= 11 is 0. The number of carbonyl (C=O) groups excluding carboxylic acids is 1. The molecule has 0 fully saturated rings. The summed E-state index contributed by atoms with van der Waals surface area (Å²) in [6, 6.07) is 16.8. The largest absolute Gasteiger partial charge is 0.382 e. The number of hydrogen-bond donors (Lipinski definition) is 2. The Labute approximate surface area is 177 Å². The molecule has 5 aromatic rings. The molecule has 154 valence electrons. The van der Waals surface area contributed by atoms with Crippen molar-refractivity contribution < 1.29 is 4.79 Å². The van der Waals surface area contributed by atoms with E-state index in [9.17, 15) is 9.59 Å². The molecule has 0 spiro atoms. The first-order valence-corrected chi connectivity index (χ1v) is 9.71. The van der Waals surface area contributed by atoms with Gasteiger partial charge in [0, 0.05) is 16.9 Å². The normalized spacial score (nSPS) is 10.6. The number of pyridine rings is 1. The summed E-state index contributed by atoms with van der Waals surface area (Å²) in [6.45, 7) is 2.02. The Kier molecular flexibility index (Phi) is 5.53. The third-order valence-corrected chi connectivity index (χ3v) is 4.91. The average molecular weight is 412 g/mol. The minimum atomic E-state index is -0.141. The fraction of sp³-hybridized carbons (Fsp3) is 0.0870. The molecule has 0 amide bonds. The van der Waals surface area contributed by atoms with Crippen LogP contribution in [0.4, 0.5) is 5.82 Å². The van der Waals surface area contributed by atoms with Crippen LogP contribution in [0.25, 0.3) is 27.6 Å². The van der Waals surface area contributed by atoms with Crippen LogP contribution < -0.4 is 11.3 Å². The highest BCUT2D eigenvalue weighted by atomic mass is 16.1. The number of rotatable bonds is 3. The first-order valence-electron chi connectivity index (χ1n) is 9.71. The van der Waals surface area contributed by atoms with Crippen molar-refractivity contribution >= 4 is 34.0 Å². The van der Waals surface area contributed by atoms with Crippen LogP contribution in [0.5, 0.6) is 0 Å². The number of nitrogens with two attached hydrogens (primary N) is 1. The van der Waals surface area contributed by atoms with Gasteiger partial charge in [0.1, 0.15) is 11.8 Å². The molecule has 0 unspecified atom stereocenters. The lowest BCUT2D eigenvalue weighted by molar-refractivity contribution is 0.112. The molecule has 31 heavy (non-hydrogen) atoms. The molecule has 0 radical (unpaired) electrons. The van der Waals surface area contributed by atoms with E-state index in [2.05, 4.69) is 19.9 Å². The van der Waals surface area contributed by atoms with E-state index in [1.165, 1.54) is 12.7 Å². The number of aromatic nitrogens is 5. The summed E-state index contributed by atoms with van der Waals surface area (Å²) in [7, 11) is 0. The van der Waals surface area contributed by atoms with E-state index in [4.69, 9.17) is 5.73 Å². The lowest BCUT2D eigenvalue weighted by atomic mass is 10.0. The Balaban J connectivity index is 0.000000192. The molecule has 2 aromatic carbocycles. The van der Waals surface area contributed by atoms with Gasteiger partial charge in [0.15, 0.2) is 17.8 Å². The Hall–Kier alpha value is -4.33. The number of hydrogen-bond acceptors (Lipinski definition) is 6. The quantitative estimate of drug-likeness (QED) is 0.439. The maximum absolute atomic E-state index is 12.9. The van der Waals surface area contributed by atoms with Gasteiger partial charge >= 0.3 is 0 Å². The van der Waals surface area contributed by atoms with Gasteiger partial charge in [-0.1, -0.05) is 43.3 Å². The van der Waals surface area contributed by atoms with Crippen molar-refractivity contribution in [2.24, 2.45) is 0 Å². The Morgan fingerprint density at radius 1 is 1.06 bits per heavy atom. The first-order chi connectivity index (χ1) is 15.1. The fourth-order valence-corrected chi connectivity index (χ4v) is 3.44. The molecule has 0 saturated heterocycles. The van der Waals surface area contributed by atoms with E-state index < -0.39 is 0 Å². The number of anilines is 1. The number of fused-ring (bicyclic) bond motifs is 2. The highest BCUT2D eigenvalue weighted by Crippen LogP contribution is 2.19. The summed E-state index contributed by atoms with van der Waals surface area (Å²) in [5.41, 5.74) is 8.83. The molecule has 0 aliphatic carbocycles. The summed E-state index contributed by atoms with van der Waals surface area (Å²) < 4.78 is 1.69. The summed E-state index contributed by atoms with van der Waals surface area (Å²) in [6.07, 6.45) is 4.41. The first kappa shape index (κ1) is 20.0. The monoisotopic (exact) mass is 412 g/mol. The number of benzene rings is 2. The molecule has 3 aromatic heterocycles. The van der Waals surface area contributed by atoms with Gasteiger partial charge in [0.05, 0.1) is 11.7 Å². The SMILES string of the molecule is CCc1cc2cccc(C=O)c2c(=O)n1-c1ccccc1.Nc1ncnc2nc[nH]c12. The van der Waals surface area contributed by atoms with Crippen molar-refractivity contribution in [2.75, 3.05) is 5.73 Å². The van der Waals surface area contributed by atoms with Crippen LogP contribution in [-0.2, 0) is 6.42 Å². The van der Waals surface area contributed by atoms with Gasteiger partial charge in [0.25, 0.3) is 5.56 Å². The summed E-state index contributed by atoms with van der Waals surface area (Å²) in [4.78, 5) is 38.5. The van der Waals surface area contributed by atoms with Crippen LogP contribution in [-0.4, -0.2) is 30.8 Å². The molecule has 5 rings (SSSR count). The highest BCUT2D eigenvalue weighted by Gasteiger charge is 2.12. The molecule has 0 bridgehead atoms. The summed E-state index contributed by atoms with van der Waals surface area (Å²) in [5, 5.41) is 1.29. The molecular formula is C23H20N6O2. The zero-order valence-electron chi connectivity index (χ0n) is 16.8. The molecule has 0 aliphatic heterocycles. The van der Waals surface area contributed by atoms with Crippen LogP contribution in [0.1, 0.15) is 23.0 Å². The predicted octanol–water partition coefficient (Wildman–Crippen LogP) is 3.30. The van der Waals surface area contributed by atoms with Crippen molar-refractivity contribution in [1.29, 1.82) is 0 Å². The zero-order chi connectivity index (χ0) is 21.8. The van der Waals surface area contributed by atoms with E-state index >= 15 is 0 Å². The molecule has 8 heteroatoms. The minimum Gasteiger partial charge on any atom is -0.382 e. The van der Waals surface area contributed by atoms with E-state index in [1.807, 2.05) is 49.4 Å². The standard InChI is InChI=1S/C18H15NO2.C5H5N5/c1-2-15-11-13-7-6-8-14(12-20)17(13)18(21)19(15)16-9-4-3-5-10-16;6-4-3-5(9-1-7-3)10-2-8-4/h3-12H,2H2,1H3;1-2H,(H3,6,7,8,9,10). The zero-order valence-corrected chi connectivity index (χ0v) is 16.8. The third-order valence-electron chi connectivity index (χ3n) is 4.91. The molecule has 3 N–H and O–H groups in total. The van der Waals surface area contributed by atoms with E-state index in [-0.39, 0.29) is 5.56 Å². The summed E-state index contributed by atoms with van der Waals surface area (Å²) in [5.74, 6) is 0.433. The molecule has 8 nitrogen and oxygen atoms in total. The van der Waals surface area contributed by atoms with Crippen LogP contribution in [0.2, 0.25) is 0 Å². The molecular weight excluding hydrogens is 392 g/mol. The van der Waals surface area contributed by atoms with Gasteiger partial charge in [-0.3, -0.25) is 14.2 Å².